The minimum absolute atomic E-state index is 0.192. The number of carbonyl (C=O) groups excluding carboxylic acids is 1. The fourth-order valence-electron chi connectivity index (χ4n) is 3.01. The second-order valence-electron chi connectivity index (χ2n) is 6.97. The summed E-state index contributed by atoms with van der Waals surface area (Å²) in [6.45, 7) is 0.218. The summed E-state index contributed by atoms with van der Waals surface area (Å²) in [5.41, 5.74) is -0.117. The Bertz CT molecular complexity index is 1380. The lowest BCUT2D eigenvalue weighted by atomic mass is 10.2. The number of benzene rings is 3. The largest absolute Gasteiger partial charge is 0.416 e. The molecule has 2 N–H and O–H groups in total. The van der Waals surface area contributed by atoms with Crippen molar-refractivity contribution in [2.75, 3.05) is 4.72 Å². The molecule has 11 heteroatoms. The van der Waals surface area contributed by atoms with Crippen molar-refractivity contribution < 1.29 is 26.4 Å². The van der Waals surface area contributed by atoms with Crippen molar-refractivity contribution >= 4 is 43.2 Å². The first-order chi connectivity index (χ1) is 15.6. The molecule has 170 valence electrons. The maximum Gasteiger partial charge on any atom is 0.416 e. The number of thiazole rings is 1. The number of fused-ring (bicyclic) bond motifs is 1. The smallest absolute Gasteiger partial charge is 0.346 e. The summed E-state index contributed by atoms with van der Waals surface area (Å²) >= 11 is 1.46. The maximum absolute atomic E-state index is 12.9. The molecule has 0 bridgehead atoms. The van der Waals surface area contributed by atoms with Crippen LogP contribution in [0.2, 0.25) is 0 Å². The molecule has 0 aliphatic rings. The van der Waals surface area contributed by atoms with Crippen molar-refractivity contribution in [3.8, 4) is 0 Å². The molecular formula is C22H16F3N3O3S2. The van der Waals surface area contributed by atoms with Gasteiger partial charge in [0.15, 0.2) is 0 Å². The number of para-hydroxylation sites is 1. The van der Waals surface area contributed by atoms with Gasteiger partial charge in [-0.1, -0.05) is 18.2 Å². The van der Waals surface area contributed by atoms with Gasteiger partial charge in [-0.05, 0) is 54.6 Å². The number of amides is 1. The molecule has 0 spiro atoms. The van der Waals surface area contributed by atoms with Gasteiger partial charge in [0.2, 0.25) is 0 Å². The van der Waals surface area contributed by atoms with Gasteiger partial charge in [-0.3, -0.25) is 9.52 Å². The van der Waals surface area contributed by atoms with E-state index < -0.39 is 27.7 Å². The average Bonchev–Trinajstić information content (AvgIpc) is 3.20. The molecule has 0 saturated carbocycles. The number of nitrogens with one attached hydrogen (secondary N) is 2. The minimum atomic E-state index is -4.60. The molecule has 4 rings (SSSR count). The number of halogens is 3. The van der Waals surface area contributed by atoms with E-state index in [4.69, 9.17) is 0 Å². The van der Waals surface area contributed by atoms with Crippen LogP contribution in [0.3, 0.4) is 0 Å². The number of nitrogens with zero attached hydrogens (tertiary/aromatic N) is 1. The van der Waals surface area contributed by atoms with Gasteiger partial charge in [-0.2, -0.15) is 13.2 Å². The Labute approximate surface area is 191 Å². The first-order valence-electron chi connectivity index (χ1n) is 9.55. The molecule has 0 unspecified atom stereocenters. The second-order valence-corrected chi connectivity index (χ2v) is 9.76. The van der Waals surface area contributed by atoms with Crippen molar-refractivity contribution in [3.63, 3.8) is 0 Å². The monoisotopic (exact) mass is 491 g/mol. The number of sulfonamides is 1. The Morgan fingerprint density at radius 1 is 0.970 bits per heavy atom. The Kier molecular flexibility index (Phi) is 6.09. The second kappa shape index (κ2) is 8.83. The van der Waals surface area contributed by atoms with Crippen molar-refractivity contribution in [1.82, 2.24) is 10.3 Å². The summed E-state index contributed by atoms with van der Waals surface area (Å²) < 4.78 is 66.8. The fraction of sp³-hybridized carbons (Fsp3) is 0.0909. The first kappa shape index (κ1) is 22.7. The van der Waals surface area contributed by atoms with Gasteiger partial charge >= 0.3 is 6.18 Å². The topological polar surface area (TPSA) is 88.2 Å². The predicted octanol–water partition coefficient (Wildman–Crippen LogP) is 5.05. The quantitative estimate of drug-likeness (QED) is 0.395. The highest BCUT2D eigenvalue weighted by Gasteiger charge is 2.30. The van der Waals surface area contributed by atoms with Crippen LogP contribution >= 0.6 is 11.3 Å². The molecule has 0 aliphatic heterocycles. The third kappa shape index (κ3) is 5.32. The van der Waals surface area contributed by atoms with Crippen LogP contribution < -0.4 is 10.0 Å². The molecule has 0 atom stereocenters. The van der Waals surface area contributed by atoms with Crippen LogP contribution in [0.5, 0.6) is 0 Å². The predicted molar refractivity (Wildman–Crippen MR) is 119 cm³/mol. The van der Waals surface area contributed by atoms with Gasteiger partial charge in [0.05, 0.1) is 27.2 Å². The minimum Gasteiger partial charge on any atom is -0.346 e. The van der Waals surface area contributed by atoms with E-state index in [0.29, 0.717) is 6.07 Å². The molecular weight excluding hydrogens is 475 g/mol. The molecule has 1 aromatic heterocycles. The number of carbonyl (C=O) groups is 1. The van der Waals surface area contributed by atoms with E-state index in [9.17, 15) is 26.4 Å². The van der Waals surface area contributed by atoms with E-state index in [1.807, 2.05) is 24.3 Å². The van der Waals surface area contributed by atoms with Crippen LogP contribution in [0.1, 0.15) is 20.9 Å². The lowest BCUT2D eigenvalue weighted by molar-refractivity contribution is -0.137. The van der Waals surface area contributed by atoms with E-state index in [-0.39, 0.29) is 22.7 Å². The third-order valence-corrected chi connectivity index (χ3v) is 7.04. The number of hydrogen-bond acceptors (Lipinski definition) is 5. The van der Waals surface area contributed by atoms with Crippen LogP contribution in [0.4, 0.5) is 18.9 Å². The van der Waals surface area contributed by atoms with Crippen LogP contribution in [-0.2, 0) is 22.7 Å². The number of hydrogen-bond donors (Lipinski definition) is 2. The molecule has 0 fully saturated rings. The molecule has 33 heavy (non-hydrogen) atoms. The van der Waals surface area contributed by atoms with Crippen molar-refractivity contribution in [3.05, 3.63) is 88.9 Å². The van der Waals surface area contributed by atoms with Gasteiger partial charge < -0.3 is 5.32 Å². The van der Waals surface area contributed by atoms with Gasteiger partial charge in [0.1, 0.15) is 5.01 Å². The Morgan fingerprint density at radius 3 is 2.39 bits per heavy atom. The van der Waals surface area contributed by atoms with Gasteiger partial charge in [-0.15, -0.1) is 11.3 Å². The highest BCUT2D eigenvalue weighted by molar-refractivity contribution is 7.92. The third-order valence-electron chi connectivity index (χ3n) is 4.61. The van der Waals surface area contributed by atoms with Gasteiger partial charge in [-0.25, -0.2) is 13.4 Å². The summed E-state index contributed by atoms with van der Waals surface area (Å²) in [6, 6.07) is 16.6. The zero-order chi connectivity index (χ0) is 23.6. The van der Waals surface area contributed by atoms with Gasteiger partial charge in [0.25, 0.3) is 15.9 Å². The number of rotatable bonds is 6. The van der Waals surface area contributed by atoms with Crippen LogP contribution in [0, 0.1) is 0 Å². The molecule has 0 radical (unpaired) electrons. The molecule has 6 nitrogen and oxygen atoms in total. The molecule has 0 saturated heterocycles. The molecule has 4 aromatic rings. The lowest BCUT2D eigenvalue weighted by Crippen LogP contribution is -2.22. The highest BCUT2D eigenvalue weighted by atomic mass is 32.2. The SMILES string of the molecule is O=C(NCc1nc2ccccc2s1)c1ccc(S(=O)(=O)Nc2cccc(C(F)(F)F)c2)cc1. The van der Waals surface area contributed by atoms with Crippen LogP contribution in [0.25, 0.3) is 10.2 Å². The average molecular weight is 492 g/mol. The molecule has 1 amide bonds. The van der Waals surface area contributed by atoms with E-state index in [2.05, 4.69) is 15.0 Å². The summed E-state index contributed by atoms with van der Waals surface area (Å²) in [6.07, 6.45) is -4.60. The van der Waals surface area contributed by atoms with Crippen molar-refractivity contribution in [2.45, 2.75) is 17.6 Å². The van der Waals surface area contributed by atoms with Crippen LogP contribution in [-0.4, -0.2) is 19.3 Å². The van der Waals surface area contributed by atoms with E-state index in [1.54, 1.807) is 0 Å². The molecule has 1 heterocycles. The van der Waals surface area contributed by atoms with Crippen molar-refractivity contribution in [1.29, 1.82) is 0 Å². The Hall–Kier alpha value is -3.44. The zero-order valence-corrected chi connectivity index (χ0v) is 18.4. The first-order valence-corrected chi connectivity index (χ1v) is 11.8. The summed E-state index contributed by atoms with van der Waals surface area (Å²) in [5, 5.41) is 3.46. The maximum atomic E-state index is 12.9. The Morgan fingerprint density at radius 2 is 1.70 bits per heavy atom. The number of alkyl halides is 3. The van der Waals surface area contributed by atoms with Gasteiger partial charge in [0, 0.05) is 11.3 Å². The highest BCUT2D eigenvalue weighted by Crippen LogP contribution is 2.31. The number of anilines is 1. The number of aromatic nitrogens is 1. The summed E-state index contributed by atoms with van der Waals surface area (Å²) in [4.78, 5) is 16.7. The molecule has 3 aromatic carbocycles. The zero-order valence-electron chi connectivity index (χ0n) is 16.8. The molecule has 0 aliphatic carbocycles. The lowest BCUT2D eigenvalue weighted by Gasteiger charge is -2.11. The van der Waals surface area contributed by atoms with Crippen molar-refractivity contribution in [2.24, 2.45) is 0 Å². The standard InChI is InChI=1S/C22H16F3N3O3S2/c23-22(24,25)15-4-3-5-16(12-15)28-33(30,31)17-10-8-14(9-11-17)21(29)26-13-20-27-18-6-1-2-7-19(18)32-20/h1-12,28H,13H2,(H,26,29). The Balaban J connectivity index is 1.43. The van der Waals surface area contributed by atoms with E-state index >= 15 is 0 Å². The normalized spacial score (nSPS) is 12.0. The summed E-state index contributed by atoms with van der Waals surface area (Å²) in [5.74, 6) is -0.413. The fourth-order valence-corrected chi connectivity index (χ4v) is 4.97. The van der Waals surface area contributed by atoms with E-state index in [0.717, 1.165) is 27.4 Å². The van der Waals surface area contributed by atoms with E-state index in [1.165, 1.54) is 41.7 Å². The summed E-state index contributed by atoms with van der Waals surface area (Å²) in [7, 11) is -4.15. The van der Waals surface area contributed by atoms with Crippen LogP contribution in [0.15, 0.2) is 77.7 Å².